The van der Waals surface area contributed by atoms with E-state index in [4.69, 9.17) is 21.1 Å². The quantitative estimate of drug-likeness (QED) is 0.451. The number of pyridine rings is 1. The van der Waals surface area contributed by atoms with E-state index >= 15 is 0 Å². The number of anilines is 1. The van der Waals surface area contributed by atoms with Crippen LogP contribution in [0.2, 0.25) is 5.02 Å². The highest BCUT2D eigenvalue weighted by Crippen LogP contribution is 2.41. The van der Waals surface area contributed by atoms with Crippen LogP contribution in [-0.4, -0.2) is 74.3 Å². The van der Waals surface area contributed by atoms with Gasteiger partial charge >= 0.3 is 0 Å². The topological polar surface area (TPSA) is 121 Å². The summed E-state index contributed by atoms with van der Waals surface area (Å²) in [6, 6.07) is 11.9. The molecule has 1 fully saturated rings. The lowest BCUT2D eigenvalue weighted by Crippen LogP contribution is -2.53. The van der Waals surface area contributed by atoms with Gasteiger partial charge in [0, 0.05) is 60.4 Å². The smallest absolute Gasteiger partial charge is 0.253 e. The standard InChI is InChI=1S/C28H31ClN4O6S/c1-28(2)26(34)25(31-40(36,37)24-17-19(29)5-7-23(24)38-3)21-16-18(4-6-22(21)39-28)27(35)33-14-12-32(13-15-33)20-8-10-30-11-9-20/h4-11,16-17,25-26,31,34H,12-15H2,1-3H3/t25-,26+/m1/s1. The molecule has 3 heterocycles. The molecule has 1 aromatic heterocycles. The van der Waals surface area contributed by atoms with Crippen molar-refractivity contribution in [1.82, 2.24) is 14.6 Å². The number of hydrogen-bond acceptors (Lipinski definition) is 8. The highest BCUT2D eigenvalue weighted by atomic mass is 35.5. The maximum atomic E-state index is 13.5. The van der Waals surface area contributed by atoms with Gasteiger partial charge in [0.2, 0.25) is 10.0 Å². The molecule has 1 amide bonds. The number of amides is 1. The number of aliphatic hydroxyl groups is 1. The van der Waals surface area contributed by atoms with Gasteiger partial charge in [0.15, 0.2) is 0 Å². The predicted molar refractivity (Wildman–Crippen MR) is 151 cm³/mol. The number of piperazine rings is 1. The number of carbonyl (C=O) groups is 1. The molecular weight excluding hydrogens is 556 g/mol. The molecule has 212 valence electrons. The van der Waals surface area contributed by atoms with E-state index in [9.17, 15) is 18.3 Å². The van der Waals surface area contributed by atoms with Crippen LogP contribution in [0.3, 0.4) is 0 Å². The van der Waals surface area contributed by atoms with Crippen LogP contribution >= 0.6 is 11.6 Å². The number of benzene rings is 2. The third-order valence-electron chi connectivity index (χ3n) is 7.28. The van der Waals surface area contributed by atoms with E-state index in [0.717, 1.165) is 5.69 Å². The molecule has 1 saturated heterocycles. The first-order valence-corrected chi connectivity index (χ1v) is 14.7. The van der Waals surface area contributed by atoms with Crippen molar-refractivity contribution in [1.29, 1.82) is 0 Å². The van der Waals surface area contributed by atoms with E-state index < -0.39 is 27.8 Å². The summed E-state index contributed by atoms with van der Waals surface area (Å²) in [5.41, 5.74) is 0.665. The minimum Gasteiger partial charge on any atom is -0.495 e. The molecule has 2 atom stereocenters. The SMILES string of the molecule is COc1ccc(Cl)cc1S(=O)(=O)N[C@@H]1c2cc(C(=O)N3CCN(c4ccncc4)CC3)ccc2OC(C)(C)[C@H]1O. The number of nitrogens with zero attached hydrogens (tertiary/aromatic N) is 3. The minimum atomic E-state index is -4.22. The number of ether oxygens (including phenoxy) is 2. The second-order valence-electron chi connectivity index (χ2n) is 10.3. The number of rotatable bonds is 6. The summed E-state index contributed by atoms with van der Waals surface area (Å²) in [7, 11) is -2.86. The van der Waals surface area contributed by atoms with Crippen LogP contribution in [0.5, 0.6) is 11.5 Å². The van der Waals surface area contributed by atoms with E-state index in [1.54, 1.807) is 49.3 Å². The summed E-state index contributed by atoms with van der Waals surface area (Å²) >= 11 is 6.09. The van der Waals surface area contributed by atoms with Gasteiger partial charge in [-0.1, -0.05) is 11.6 Å². The number of aliphatic hydroxyl groups excluding tert-OH is 1. The zero-order valence-electron chi connectivity index (χ0n) is 22.4. The van der Waals surface area contributed by atoms with Crippen molar-refractivity contribution in [2.45, 2.75) is 36.5 Å². The van der Waals surface area contributed by atoms with Crippen LogP contribution in [0.15, 0.2) is 65.8 Å². The summed E-state index contributed by atoms with van der Waals surface area (Å²) in [6.45, 7) is 5.72. The second-order valence-corrected chi connectivity index (χ2v) is 12.4. The van der Waals surface area contributed by atoms with Crippen LogP contribution in [0.25, 0.3) is 0 Å². The fourth-order valence-electron chi connectivity index (χ4n) is 5.06. The van der Waals surface area contributed by atoms with Gasteiger partial charge in [-0.25, -0.2) is 13.1 Å². The van der Waals surface area contributed by atoms with Crippen LogP contribution < -0.4 is 19.1 Å². The Morgan fingerprint density at radius 2 is 1.80 bits per heavy atom. The van der Waals surface area contributed by atoms with E-state index in [0.29, 0.717) is 43.1 Å². The van der Waals surface area contributed by atoms with Crippen molar-refractivity contribution in [3.8, 4) is 11.5 Å². The summed E-state index contributed by atoms with van der Waals surface area (Å²) in [5.74, 6) is 0.294. The lowest BCUT2D eigenvalue weighted by molar-refractivity contribution is -0.0603. The monoisotopic (exact) mass is 586 g/mol. The van der Waals surface area contributed by atoms with Crippen LogP contribution in [-0.2, 0) is 10.0 Å². The van der Waals surface area contributed by atoms with Gasteiger partial charge in [0.05, 0.1) is 13.2 Å². The van der Waals surface area contributed by atoms with Crippen molar-refractivity contribution < 1.29 is 27.8 Å². The summed E-state index contributed by atoms with van der Waals surface area (Å²) in [5, 5.41) is 11.5. The van der Waals surface area contributed by atoms with Crippen LogP contribution in [0.1, 0.15) is 35.8 Å². The average Bonchev–Trinajstić information content (AvgIpc) is 2.95. The molecule has 0 saturated carbocycles. The number of nitrogens with one attached hydrogen (secondary N) is 1. The van der Waals surface area contributed by atoms with E-state index in [-0.39, 0.29) is 21.6 Å². The predicted octanol–water partition coefficient (Wildman–Crippen LogP) is 3.26. The molecule has 12 heteroatoms. The third kappa shape index (κ3) is 5.46. The Morgan fingerprint density at radius 1 is 1.10 bits per heavy atom. The fraction of sp³-hybridized carbons (Fsp3) is 0.357. The Kier molecular flexibility index (Phi) is 7.66. The highest BCUT2D eigenvalue weighted by Gasteiger charge is 2.45. The second kappa shape index (κ2) is 10.9. The molecule has 10 nitrogen and oxygen atoms in total. The van der Waals surface area contributed by atoms with Gasteiger partial charge in [-0.2, -0.15) is 0 Å². The van der Waals surface area contributed by atoms with Gasteiger partial charge in [-0.05, 0) is 62.4 Å². The van der Waals surface area contributed by atoms with E-state index in [1.165, 1.54) is 25.3 Å². The van der Waals surface area contributed by atoms with Crippen LogP contribution in [0.4, 0.5) is 5.69 Å². The zero-order valence-corrected chi connectivity index (χ0v) is 23.9. The molecule has 40 heavy (non-hydrogen) atoms. The molecule has 0 spiro atoms. The first kappa shape index (κ1) is 28.2. The van der Waals surface area contributed by atoms with Crippen molar-refractivity contribution in [3.63, 3.8) is 0 Å². The maximum absolute atomic E-state index is 13.5. The zero-order chi connectivity index (χ0) is 28.7. The number of carbonyl (C=O) groups excluding carboxylic acids is 1. The Labute approximate surface area is 238 Å². The summed E-state index contributed by atoms with van der Waals surface area (Å²) in [6.07, 6.45) is 2.21. The molecule has 0 aliphatic carbocycles. The Balaban J connectivity index is 1.42. The molecule has 3 aromatic rings. The molecule has 2 aliphatic heterocycles. The molecule has 2 aromatic carbocycles. The number of sulfonamides is 1. The molecule has 2 N–H and O–H groups in total. The molecule has 2 aliphatic rings. The maximum Gasteiger partial charge on any atom is 0.253 e. The summed E-state index contributed by atoms with van der Waals surface area (Å²) in [4.78, 5) is 21.3. The van der Waals surface area contributed by atoms with Gasteiger partial charge in [0.25, 0.3) is 5.91 Å². The molecule has 5 rings (SSSR count). The van der Waals surface area contributed by atoms with E-state index in [2.05, 4.69) is 14.6 Å². The van der Waals surface area contributed by atoms with Gasteiger partial charge in [-0.3, -0.25) is 9.78 Å². The van der Waals surface area contributed by atoms with Crippen molar-refractivity contribution in [2.75, 3.05) is 38.2 Å². The number of hydrogen-bond donors (Lipinski definition) is 2. The molecule has 0 radical (unpaired) electrons. The lowest BCUT2D eigenvalue weighted by atomic mass is 9.86. The highest BCUT2D eigenvalue weighted by molar-refractivity contribution is 7.89. The number of methoxy groups -OCH3 is 1. The van der Waals surface area contributed by atoms with Crippen LogP contribution in [0, 0.1) is 0 Å². The fourth-order valence-corrected chi connectivity index (χ4v) is 6.71. The van der Waals surface area contributed by atoms with Gasteiger partial charge < -0.3 is 24.4 Å². The Hall–Kier alpha value is -3.38. The first-order chi connectivity index (χ1) is 19.0. The number of halogens is 1. The molecular formula is C28H31ClN4O6S. The Bertz CT molecular complexity index is 1510. The largest absolute Gasteiger partial charge is 0.495 e. The average molecular weight is 587 g/mol. The van der Waals surface area contributed by atoms with Crippen molar-refractivity contribution >= 4 is 33.2 Å². The number of fused-ring (bicyclic) bond motifs is 1. The normalized spacial score (nSPS) is 20.4. The lowest BCUT2D eigenvalue weighted by Gasteiger charge is -2.42. The van der Waals surface area contributed by atoms with Gasteiger partial charge in [-0.15, -0.1) is 0 Å². The van der Waals surface area contributed by atoms with Gasteiger partial charge in [0.1, 0.15) is 28.1 Å². The summed E-state index contributed by atoms with van der Waals surface area (Å²) < 4.78 is 40.9. The molecule has 0 bridgehead atoms. The first-order valence-electron chi connectivity index (χ1n) is 12.8. The minimum absolute atomic E-state index is 0.104. The Morgan fingerprint density at radius 3 is 2.48 bits per heavy atom. The van der Waals surface area contributed by atoms with Crippen molar-refractivity contribution in [3.05, 3.63) is 77.1 Å². The third-order valence-corrected chi connectivity index (χ3v) is 8.98. The van der Waals surface area contributed by atoms with E-state index in [1.807, 2.05) is 12.1 Å². The van der Waals surface area contributed by atoms with Crippen molar-refractivity contribution in [2.24, 2.45) is 0 Å². The number of aromatic nitrogens is 1. The molecule has 0 unspecified atom stereocenters.